The van der Waals surface area contributed by atoms with Crippen LogP contribution in [0.4, 0.5) is 11.4 Å². The van der Waals surface area contributed by atoms with Crippen LogP contribution in [0.25, 0.3) is 0 Å². The van der Waals surface area contributed by atoms with E-state index in [1.165, 1.54) is 13.2 Å². The number of hydrogen-bond donors (Lipinski definition) is 1. The molecule has 18 heavy (non-hydrogen) atoms. The van der Waals surface area contributed by atoms with Crippen LogP contribution in [0.2, 0.25) is 0 Å². The van der Waals surface area contributed by atoms with Gasteiger partial charge >= 0.3 is 5.69 Å². The van der Waals surface area contributed by atoms with Gasteiger partial charge in [-0.05, 0) is 12.5 Å². The molecule has 6 nitrogen and oxygen atoms in total. The number of methoxy groups -OCH3 is 1. The van der Waals surface area contributed by atoms with Gasteiger partial charge in [-0.1, -0.05) is 0 Å². The molecule has 1 aromatic carbocycles. The molecule has 1 aromatic rings. The van der Waals surface area contributed by atoms with E-state index in [4.69, 9.17) is 4.74 Å². The summed E-state index contributed by atoms with van der Waals surface area (Å²) in [6.45, 7) is 0.667. The Labute approximate surface area is 108 Å². The number of rotatable bonds is 7. The van der Waals surface area contributed by atoms with Crippen molar-refractivity contribution >= 4 is 22.2 Å². The molecule has 1 N–H and O–H groups in total. The molecule has 1 atom stereocenters. The average molecular weight is 272 g/mol. The van der Waals surface area contributed by atoms with Crippen molar-refractivity contribution < 1.29 is 13.9 Å². The van der Waals surface area contributed by atoms with Crippen molar-refractivity contribution in [3.05, 3.63) is 28.3 Å². The van der Waals surface area contributed by atoms with Crippen molar-refractivity contribution in [2.75, 3.05) is 31.0 Å². The van der Waals surface area contributed by atoms with Gasteiger partial charge in [0.2, 0.25) is 0 Å². The number of hydrogen-bond acceptors (Lipinski definition) is 5. The first-order valence-corrected chi connectivity index (χ1v) is 7.13. The summed E-state index contributed by atoms with van der Waals surface area (Å²) in [6.07, 6.45) is 2.44. The number of benzene rings is 1. The first-order valence-electron chi connectivity index (χ1n) is 5.41. The molecule has 0 aliphatic heterocycles. The van der Waals surface area contributed by atoms with Crippen molar-refractivity contribution in [1.29, 1.82) is 0 Å². The molecule has 0 aromatic heterocycles. The average Bonchev–Trinajstić information content (AvgIpc) is 2.33. The molecule has 0 aliphatic rings. The summed E-state index contributed by atoms with van der Waals surface area (Å²) in [6, 6.07) is 4.61. The molecule has 0 amide bonds. The van der Waals surface area contributed by atoms with Crippen LogP contribution in [-0.4, -0.2) is 34.8 Å². The van der Waals surface area contributed by atoms with E-state index < -0.39 is 15.7 Å². The lowest BCUT2D eigenvalue weighted by atomic mass is 10.2. The second-order valence-corrected chi connectivity index (χ2v) is 5.26. The molecule has 1 unspecified atom stereocenters. The monoisotopic (exact) mass is 272 g/mol. The molecule has 0 heterocycles. The summed E-state index contributed by atoms with van der Waals surface area (Å²) in [5, 5.41) is 13.8. The lowest BCUT2D eigenvalue weighted by molar-refractivity contribution is -0.385. The summed E-state index contributed by atoms with van der Waals surface area (Å²) in [5.74, 6) is 0.862. The lowest BCUT2D eigenvalue weighted by Gasteiger charge is -2.08. The Morgan fingerprint density at radius 2 is 2.22 bits per heavy atom. The van der Waals surface area contributed by atoms with E-state index in [1.54, 1.807) is 18.4 Å². The number of nitrogens with one attached hydrogen (secondary N) is 1. The van der Waals surface area contributed by atoms with E-state index in [-0.39, 0.29) is 11.4 Å². The third-order valence-electron chi connectivity index (χ3n) is 2.31. The molecule has 0 bridgehead atoms. The van der Waals surface area contributed by atoms with Crippen LogP contribution in [-0.2, 0) is 10.8 Å². The zero-order valence-electron chi connectivity index (χ0n) is 10.3. The minimum atomic E-state index is -0.793. The Bertz CT molecular complexity index is 451. The second-order valence-electron chi connectivity index (χ2n) is 3.70. The maximum absolute atomic E-state index is 10.9. The third kappa shape index (κ3) is 4.33. The van der Waals surface area contributed by atoms with Crippen LogP contribution >= 0.6 is 0 Å². The van der Waals surface area contributed by atoms with Gasteiger partial charge < -0.3 is 10.1 Å². The SMILES string of the molecule is COc1cc(NCCCS(C)=O)ccc1[N+](=O)[O-]. The first-order chi connectivity index (χ1) is 8.54. The topological polar surface area (TPSA) is 81.5 Å². The second kappa shape index (κ2) is 6.95. The van der Waals surface area contributed by atoms with E-state index in [0.29, 0.717) is 12.3 Å². The molecule has 7 heteroatoms. The summed E-state index contributed by atoms with van der Waals surface area (Å²) in [4.78, 5) is 10.2. The van der Waals surface area contributed by atoms with Crippen molar-refractivity contribution in [2.45, 2.75) is 6.42 Å². The molecule has 0 aliphatic carbocycles. The van der Waals surface area contributed by atoms with Gasteiger partial charge in [0.1, 0.15) is 0 Å². The zero-order chi connectivity index (χ0) is 13.5. The number of nitro groups is 1. The van der Waals surface area contributed by atoms with Gasteiger partial charge in [0.25, 0.3) is 0 Å². The largest absolute Gasteiger partial charge is 0.490 e. The van der Waals surface area contributed by atoms with Gasteiger partial charge in [0, 0.05) is 47.2 Å². The van der Waals surface area contributed by atoms with E-state index in [9.17, 15) is 14.3 Å². The molecular weight excluding hydrogens is 256 g/mol. The summed E-state index contributed by atoms with van der Waals surface area (Å²) >= 11 is 0. The van der Waals surface area contributed by atoms with Gasteiger partial charge in [0.15, 0.2) is 5.75 Å². The van der Waals surface area contributed by atoms with Crippen LogP contribution in [0.5, 0.6) is 5.75 Å². The number of anilines is 1. The molecule has 0 saturated heterocycles. The van der Waals surface area contributed by atoms with E-state index in [2.05, 4.69) is 5.32 Å². The van der Waals surface area contributed by atoms with Crippen LogP contribution in [0, 0.1) is 10.1 Å². The molecule has 100 valence electrons. The highest BCUT2D eigenvalue weighted by Gasteiger charge is 2.14. The van der Waals surface area contributed by atoms with E-state index >= 15 is 0 Å². The number of ether oxygens (including phenoxy) is 1. The van der Waals surface area contributed by atoms with Gasteiger partial charge in [-0.25, -0.2) is 0 Å². The van der Waals surface area contributed by atoms with Crippen molar-refractivity contribution in [1.82, 2.24) is 0 Å². The number of nitro benzene ring substituents is 1. The van der Waals surface area contributed by atoms with Crippen molar-refractivity contribution in [2.24, 2.45) is 0 Å². The highest BCUT2D eigenvalue weighted by Crippen LogP contribution is 2.29. The van der Waals surface area contributed by atoms with E-state index in [1.807, 2.05) is 0 Å². The smallest absolute Gasteiger partial charge is 0.311 e. The van der Waals surface area contributed by atoms with Crippen LogP contribution in [0.1, 0.15) is 6.42 Å². The third-order valence-corrected chi connectivity index (χ3v) is 3.18. The molecule has 0 radical (unpaired) electrons. The van der Waals surface area contributed by atoms with Crippen molar-refractivity contribution in [3.8, 4) is 5.75 Å². The Morgan fingerprint density at radius 3 is 2.78 bits per heavy atom. The first kappa shape index (κ1) is 14.4. The van der Waals surface area contributed by atoms with Gasteiger partial charge in [-0.15, -0.1) is 0 Å². The van der Waals surface area contributed by atoms with Crippen LogP contribution in [0.15, 0.2) is 18.2 Å². The molecule has 0 fully saturated rings. The maximum atomic E-state index is 10.9. The maximum Gasteiger partial charge on any atom is 0.311 e. The zero-order valence-corrected chi connectivity index (χ0v) is 11.2. The Balaban J connectivity index is 2.62. The standard InChI is InChI=1S/C11H16N2O4S/c1-17-11-8-9(4-5-10(11)13(14)15)12-6-3-7-18(2)16/h4-5,8,12H,3,6-7H2,1-2H3. The van der Waals surface area contributed by atoms with Crippen LogP contribution in [0.3, 0.4) is 0 Å². The molecular formula is C11H16N2O4S. The fourth-order valence-electron chi connectivity index (χ4n) is 1.45. The number of nitrogens with zero attached hydrogens (tertiary/aromatic N) is 1. The fourth-order valence-corrected chi connectivity index (χ4v) is 2.00. The fraction of sp³-hybridized carbons (Fsp3) is 0.455. The summed E-state index contributed by atoms with van der Waals surface area (Å²) in [7, 11) is 0.602. The quantitative estimate of drug-likeness (QED) is 0.465. The Morgan fingerprint density at radius 1 is 1.50 bits per heavy atom. The summed E-state index contributed by atoms with van der Waals surface area (Å²) in [5.41, 5.74) is 0.692. The molecule has 0 saturated carbocycles. The van der Waals surface area contributed by atoms with Crippen molar-refractivity contribution in [3.63, 3.8) is 0 Å². The van der Waals surface area contributed by atoms with E-state index in [0.717, 1.165) is 12.1 Å². The minimum absolute atomic E-state index is 0.0577. The normalized spacial score (nSPS) is 11.9. The minimum Gasteiger partial charge on any atom is -0.490 e. The highest BCUT2D eigenvalue weighted by atomic mass is 32.2. The highest BCUT2D eigenvalue weighted by molar-refractivity contribution is 7.84. The molecule has 1 rings (SSSR count). The predicted octanol–water partition coefficient (Wildman–Crippen LogP) is 1.78. The van der Waals surface area contributed by atoms with Gasteiger partial charge in [0.05, 0.1) is 12.0 Å². The predicted molar refractivity (Wildman–Crippen MR) is 71.7 cm³/mol. The van der Waals surface area contributed by atoms with Crippen LogP contribution < -0.4 is 10.1 Å². The Kier molecular flexibility index (Phi) is 5.57. The summed E-state index contributed by atoms with van der Waals surface area (Å²) < 4.78 is 15.8. The molecule has 0 spiro atoms. The lowest BCUT2D eigenvalue weighted by Crippen LogP contribution is -2.06. The Hall–Kier alpha value is -1.63. The van der Waals surface area contributed by atoms with Gasteiger partial charge in [-0.2, -0.15) is 0 Å². The van der Waals surface area contributed by atoms with Gasteiger partial charge in [-0.3, -0.25) is 14.3 Å².